The number of hydrogen-bond acceptors (Lipinski definition) is 4. The Bertz CT molecular complexity index is 337. The molecule has 0 saturated heterocycles. The van der Waals surface area contributed by atoms with Gasteiger partial charge < -0.3 is 9.47 Å². The van der Waals surface area contributed by atoms with Gasteiger partial charge in [0.05, 0.1) is 11.8 Å². The first-order valence-corrected chi connectivity index (χ1v) is 6.45. The molecule has 118 valence electrons. The van der Waals surface area contributed by atoms with Gasteiger partial charge >= 0.3 is 18.1 Å². The lowest BCUT2D eigenvalue weighted by Crippen LogP contribution is -2.31. The number of carbonyl (C=O) groups excluding carboxylic acids is 2. The summed E-state index contributed by atoms with van der Waals surface area (Å²) in [4.78, 5) is 23.1. The van der Waals surface area contributed by atoms with E-state index >= 15 is 0 Å². The molecule has 0 radical (unpaired) electrons. The van der Waals surface area contributed by atoms with Gasteiger partial charge in [-0.1, -0.05) is 13.8 Å². The van der Waals surface area contributed by atoms with Gasteiger partial charge in [-0.3, -0.25) is 9.59 Å². The molecule has 0 bridgehead atoms. The Balaban J connectivity index is 4.35. The van der Waals surface area contributed by atoms with E-state index in [-0.39, 0.29) is 6.42 Å². The fourth-order valence-corrected chi connectivity index (χ4v) is 1.13. The third kappa shape index (κ3) is 7.35. The Morgan fingerprint density at radius 3 is 2.10 bits per heavy atom. The van der Waals surface area contributed by atoms with E-state index in [2.05, 4.69) is 4.74 Å². The highest BCUT2D eigenvalue weighted by atomic mass is 19.4. The molecule has 1 unspecified atom stereocenters. The summed E-state index contributed by atoms with van der Waals surface area (Å²) in [5, 5.41) is 0. The molecule has 0 aromatic heterocycles. The van der Waals surface area contributed by atoms with E-state index in [0.717, 1.165) is 0 Å². The van der Waals surface area contributed by atoms with Crippen LogP contribution in [0.3, 0.4) is 0 Å². The Labute approximate surface area is 116 Å². The van der Waals surface area contributed by atoms with Crippen LogP contribution in [-0.4, -0.2) is 30.8 Å². The minimum atomic E-state index is -4.56. The van der Waals surface area contributed by atoms with E-state index in [4.69, 9.17) is 4.74 Å². The van der Waals surface area contributed by atoms with E-state index in [0.29, 0.717) is 12.8 Å². The molecule has 0 N–H and O–H groups in total. The zero-order valence-electron chi connectivity index (χ0n) is 12.2. The second-order valence-electron chi connectivity index (χ2n) is 5.15. The fraction of sp³-hybridized carbons (Fsp3) is 0.846. The third-order valence-electron chi connectivity index (χ3n) is 2.96. The lowest BCUT2D eigenvalue weighted by Gasteiger charge is -2.24. The number of alkyl halides is 3. The van der Waals surface area contributed by atoms with Crippen LogP contribution in [0.15, 0.2) is 0 Å². The van der Waals surface area contributed by atoms with Crippen molar-refractivity contribution in [1.82, 2.24) is 0 Å². The first-order valence-electron chi connectivity index (χ1n) is 6.45. The first-order chi connectivity index (χ1) is 9.01. The number of ether oxygens (including phenoxy) is 2. The molecule has 4 nitrogen and oxygen atoms in total. The molecule has 0 fully saturated rings. The SMILES string of the molecule is CCC(CC(=O)OCC(F)(F)F)OC(=O)C(C)(C)CC. The largest absolute Gasteiger partial charge is 0.461 e. The highest BCUT2D eigenvalue weighted by Crippen LogP contribution is 2.23. The zero-order valence-corrected chi connectivity index (χ0v) is 12.2. The van der Waals surface area contributed by atoms with Crippen molar-refractivity contribution in [2.75, 3.05) is 6.61 Å². The normalized spacial score (nSPS) is 13.8. The second kappa shape index (κ2) is 7.50. The van der Waals surface area contributed by atoms with Crippen LogP contribution in [0.4, 0.5) is 13.2 Å². The van der Waals surface area contributed by atoms with E-state index in [9.17, 15) is 22.8 Å². The molecule has 0 aliphatic rings. The van der Waals surface area contributed by atoms with Crippen LogP contribution in [-0.2, 0) is 19.1 Å². The average molecular weight is 298 g/mol. The number of esters is 2. The minimum absolute atomic E-state index is 0.326. The predicted molar refractivity (Wildman–Crippen MR) is 65.9 cm³/mol. The monoisotopic (exact) mass is 298 g/mol. The van der Waals surface area contributed by atoms with Crippen molar-refractivity contribution in [1.29, 1.82) is 0 Å². The zero-order chi connectivity index (χ0) is 16.0. The molecule has 0 saturated carbocycles. The summed E-state index contributed by atoms with van der Waals surface area (Å²) in [7, 11) is 0. The number of hydrogen-bond donors (Lipinski definition) is 0. The summed E-state index contributed by atoms with van der Waals surface area (Å²) in [6.07, 6.45) is -4.82. The Morgan fingerprint density at radius 1 is 1.15 bits per heavy atom. The topological polar surface area (TPSA) is 52.6 Å². The smallest absolute Gasteiger partial charge is 0.422 e. The molecule has 0 aliphatic carbocycles. The Hall–Kier alpha value is -1.27. The predicted octanol–water partition coefficient (Wildman–Crippen LogP) is 3.24. The molecule has 0 heterocycles. The summed E-state index contributed by atoms with van der Waals surface area (Å²) in [6.45, 7) is 5.26. The maximum Gasteiger partial charge on any atom is 0.422 e. The first kappa shape index (κ1) is 18.7. The molecule has 0 aliphatic heterocycles. The summed E-state index contributed by atoms with van der Waals surface area (Å²) >= 11 is 0. The molecule has 0 amide bonds. The van der Waals surface area contributed by atoms with Crippen molar-refractivity contribution in [2.24, 2.45) is 5.41 Å². The van der Waals surface area contributed by atoms with Crippen molar-refractivity contribution in [3.05, 3.63) is 0 Å². The highest BCUT2D eigenvalue weighted by Gasteiger charge is 2.32. The lowest BCUT2D eigenvalue weighted by atomic mass is 9.90. The van der Waals surface area contributed by atoms with E-state index < -0.39 is 36.2 Å². The second-order valence-corrected chi connectivity index (χ2v) is 5.15. The summed E-state index contributed by atoms with van der Waals surface area (Å²) in [5.74, 6) is -1.51. The van der Waals surface area contributed by atoms with Crippen molar-refractivity contribution >= 4 is 11.9 Å². The fourth-order valence-electron chi connectivity index (χ4n) is 1.13. The van der Waals surface area contributed by atoms with Crippen molar-refractivity contribution in [3.8, 4) is 0 Å². The molecule has 1 atom stereocenters. The van der Waals surface area contributed by atoms with Gasteiger partial charge in [0.1, 0.15) is 6.10 Å². The number of carbonyl (C=O) groups is 2. The molecule has 7 heteroatoms. The number of rotatable bonds is 7. The molecule has 0 aromatic rings. The molecule has 0 rings (SSSR count). The maximum atomic E-state index is 11.9. The van der Waals surface area contributed by atoms with Crippen LogP contribution in [0.25, 0.3) is 0 Å². The molecular weight excluding hydrogens is 277 g/mol. The highest BCUT2D eigenvalue weighted by molar-refractivity contribution is 5.77. The van der Waals surface area contributed by atoms with Crippen LogP contribution >= 0.6 is 0 Å². The Kier molecular flexibility index (Phi) is 7.02. The molecular formula is C13H21F3O4. The third-order valence-corrected chi connectivity index (χ3v) is 2.96. The van der Waals surface area contributed by atoms with Gasteiger partial charge in [0, 0.05) is 0 Å². The van der Waals surface area contributed by atoms with Gasteiger partial charge in [-0.15, -0.1) is 0 Å². The summed E-state index contributed by atoms with van der Waals surface area (Å²) in [5.41, 5.74) is -0.691. The average Bonchev–Trinajstić information content (AvgIpc) is 2.34. The number of halogens is 3. The van der Waals surface area contributed by atoms with E-state index in [1.807, 2.05) is 6.92 Å². The standard InChI is InChI=1S/C13H21F3O4/c1-5-9(20-11(18)12(3,4)6-2)7-10(17)19-8-13(14,15)16/h9H,5-8H2,1-4H3. The van der Waals surface area contributed by atoms with Gasteiger partial charge in [-0.2, -0.15) is 13.2 Å². The molecule has 0 spiro atoms. The van der Waals surface area contributed by atoms with Gasteiger partial charge in [0.25, 0.3) is 0 Å². The molecule has 20 heavy (non-hydrogen) atoms. The van der Waals surface area contributed by atoms with Crippen molar-refractivity contribution < 1.29 is 32.2 Å². The summed E-state index contributed by atoms with van der Waals surface area (Å²) < 4.78 is 44.9. The van der Waals surface area contributed by atoms with Crippen LogP contribution in [0.1, 0.15) is 47.0 Å². The van der Waals surface area contributed by atoms with Crippen molar-refractivity contribution in [2.45, 2.75) is 59.2 Å². The maximum absolute atomic E-state index is 11.9. The van der Waals surface area contributed by atoms with Crippen LogP contribution in [0, 0.1) is 5.41 Å². The quantitative estimate of drug-likeness (QED) is 0.677. The minimum Gasteiger partial charge on any atom is -0.461 e. The van der Waals surface area contributed by atoms with Gasteiger partial charge in [-0.05, 0) is 26.7 Å². The summed E-state index contributed by atoms with van der Waals surface area (Å²) in [6, 6.07) is 0. The Morgan fingerprint density at radius 2 is 1.70 bits per heavy atom. The van der Waals surface area contributed by atoms with Crippen LogP contribution in [0.5, 0.6) is 0 Å². The van der Waals surface area contributed by atoms with Gasteiger partial charge in [0.2, 0.25) is 0 Å². The molecule has 0 aromatic carbocycles. The van der Waals surface area contributed by atoms with Gasteiger partial charge in [0.15, 0.2) is 6.61 Å². The van der Waals surface area contributed by atoms with Gasteiger partial charge in [-0.25, -0.2) is 0 Å². The van der Waals surface area contributed by atoms with E-state index in [1.54, 1.807) is 20.8 Å². The lowest BCUT2D eigenvalue weighted by molar-refractivity contribution is -0.188. The van der Waals surface area contributed by atoms with E-state index in [1.165, 1.54) is 0 Å². The van der Waals surface area contributed by atoms with Crippen molar-refractivity contribution in [3.63, 3.8) is 0 Å². The van der Waals surface area contributed by atoms with Crippen LogP contribution < -0.4 is 0 Å². The van der Waals surface area contributed by atoms with Crippen LogP contribution in [0.2, 0.25) is 0 Å².